The first kappa shape index (κ1) is 16.8. The van der Waals surface area contributed by atoms with Crippen LogP contribution in [0.3, 0.4) is 0 Å². The van der Waals surface area contributed by atoms with Gasteiger partial charge in [-0.05, 0) is 44.4 Å². The lowest BCUT2D eigenvalue weighted by Gasteiger charge is -2.38. The molecule has 2 heterocycles. The van der Waals surface area contributed by atoms with E-state index in [1.807, 2.05) is 18.2 Å². The number of esters is 1. The summed E-state index contributed by atoms with van der Waals surface area (Å²) in [6.07, 6.45) is 3.02. The summed E-state index contributed by atoms with van der Waals surface area (Å²) in [5, 5.41) is 9.05. The minimum atomic E-state index is -0.830. The lowest BCUT2D eigenvalue weighted by Crippen LogP contribution is -2.49. The summed E-state index contributed by atoms with van der Waals surface area (Å²) in [6, 6.07) is 9.69. The van der Waals surface area contributed by atoms with Crippen LogP contribution in [0.1, 0.15) is 36.0 Å². The Kier molecular flexibility index (Phi) is 5.35. The van der Waals surface area contributed by atoms with E-state index in [9.17, 15) is 9.59 Å². The fourth-order valence-corrected chi connectivity index (χ4v) is 3.74. The number of nitrogens with zero attached hydrogens (tertiary/aromatic N) is 2. The molecule has 1 aromatic rings. The lowest BCUT2D eigenvalue weighted by atomic mass is 10.0. The van der Waals surface area contributed by atoms with E-state index in [0.29, 0.717) is 31.3 Å². The summed E-state index contributed by atoms with van der Waals surface area (Å²) >= 11 is 0. The molecule has 0 bridgehead atoms. The normalized spacial score (nSPS) is 22.5. The summed E-state index contributed by atoms with van der Waals surface area (Å²) in [4.78, 5) is 27.0. The van der Waals surface area contributed by atoms with Crippen molar-refractivity contribution in [2.45, 2.75) is 37.8 Å². The van der Waals surface area contributed by atoms with Gasteiger partial charge in [0, 0.05) is 25.2 Å². The van der Waals surface area contributed by atoms with Gasteiger partial charge in [0.2, 0.25) is 0 Å². The molecule has 0 aromatic heterocycles. The number of carbonyl (C=O) groups excluding carboxylic acids is 1. The highest BCUT2D eigenvalue weighted by Crippen LogP contribution is 2.26. The third kappa shape index (κ3) is 3.87. The minimum absolute atomic E-state index is 0.249. The van der Waals surface area contributed by atoms with Crippen LogP contribution in [-0.4, -0.2) is 65.3 Å². The molecule has 6 heteroatoms. The number of likely N-dealkylation sites (tertiary alicyclic amines) is 2. The molecule has 0 saturated carbocycles. The molecule has 2 aliphatic rings. The van der Waals surface area contributed by atoms with Crippen molar-refractivity contribution in [1.82, 2.24) is 9.80 Å². The second-order valence-electron chi connectivity index (χ2n) is 6.50. The van der Waals surface area contributed by atoms with Gasteiger partial charge in [0.05, 0.1) is 5.56 Å². The molecule has 1 N–H and O–H groups in total. The summed E-state index contributed by atoms with van der Waals surface area (Å²) < 4.78 is 5.51. The smallest absolute Gasteiger partial charge is 0.407 e. The van der Waals surface area contributed by atoms with Gasteiger partial charge < -0.3 is 14.7 Å². The molecule has 0 spiro atoms. The Balaban J connectivity index is 1.51. The highest BCUT2D eigenvalue weighted by molar-refractivity contribution is 5.89. The molecule has 3 rings (SSSR count). The molecule has 24 heavy (non-hydrogen) atoms. The Morgan fingerprint density at radius 2 is 1.79 bits per heavy atom. The molecule has 0 radical (unpaired) electrons. The number of rotatable bonds is 4. The number of piperidine rings is 1. The van der Waals surface area contributed by atoms with Gasteiger partial charge in [-0.3, -0.25) is 4.90 Å². The minimum Gasteiger partial charge on any atom is -0.465 e. The number of benzene rings is 1. The van der Waals surface area contributed by atoms with E-state index < -0.39 is 6.09 Å². The molecule has 2 fully saturated rings. The van der Waals surface area contributed by atoms with Crippen LogP contribution < -0.4 is 0 Å². The fourth-order valence-electron chi connectivity index (χ4n) is 3.74. The predicted molar refractivity (Wildman–Crippen MR) is 89.1 cm³/mol. The van der Waals surface area contributed by atoms with Gasteiger partial charge in [-0.25, -0.2) is 9.59 Å². The van der Waals surface area contributed by atoms with Crippen molar-refractivity contribution in [3.8, 4) is 0 Å². The number of hydrogen-bond donors (Lipinski definition) is 1. The van der Waals surface area contributed by atoms with Crippen LogP contribution in [0, 0.1) is 0 Å². The van der Waals surface area contributed by atoms with Crippen LogP contribution in [0.2, 0.25) is 0 Å². The van der Waals surface area contributed by atoms with E-state index in [1.165, 1.54) is 4.90 Å². The molecular weight excluding hydrogens is 308 g/mol. The molecule has 1 amide bonds. The van der Waals surface area contributed by atoms with Crippen LogP contribution >= 0.6 is 0 Å². The highest BCUT2D eigenvalue weighted by atomic mass is 16.5. The molecule has 0 unspecified atom stereocenters. The van der Waals surface area contributed by atoms with Gasteiger partial charge >= 0.3 is 12.1 Å². The van der Waals surface area contributed by atoms with E-state index in [4.69, 9.17) is 9.84 Å². The first-order valence-corrected chi connectivity index (χ1v) is 8.61. The van der Waals surface area contributed by atoms with E-state index in [2.05, 4.69) is 4.90 Å². The second-order valence-corrected chi connectivity index (χ2v) is 6.50. The average molecular weight is 332 g/mol. The van der Waals surface area contributed by atoms with Crippen LogP contribution in [0.5, 0.6) is 0 Å². The first-order chi connectivity index (χ1) is 11.6. The fraction of sp³-hybridized carbons (Fsp3) is 0.556. The van der Waals surface area contributed by atoms with Crippen molar-refractivity contribution in [3.63, 3.8) is 0 Å². The number of amides is 1. The molecule has 2 aliphatic heterocycles. The maximum Gasteiger partial charge on any atom is 0.407 e. The van der Waals surface area contributed by atoms with Crippen molar-refractivity contribution in [1.29, 1.82) is 0 Å². The Bertz CT molecular complexity index is 570. The van der Waals surface area contributed by atoms with E-state index in [1.54, 1.807) is 12.1 Å². The Labute approximate surface area is 142 Å². The zero-order valence-electron chi connectivity index (χ0n) is 13.8. The van der Waals surface area contributed by atoms with E-state index in [0.717, 1.165) is 32.2 Å². The van der Waals surface area contributed by atoms with Crippen LogP contribution in [-0.2, 0) is 4.74 Å². The third-order valence-electron chi connectivity index (χ3n) is 5.04. The number of carboxylic acid groups (broad SMARTS) is 1. The number of ether oxygens (including phenoxy) is 1. The highest BCUT2D eigenvalue weighted by Gasteiger charge is 2.34. The van der Waals surface area contributed by atoms with Crippen LogP contribution in [0.4, 0.5) is 4.79 Å². The van der Waals surface area contributed by atoms with Crippen molar-refractivity contribution in [2.75, 3.05) is 26.2 Å². The van der Waals surface area contributed by atoms with Gasteiger partial charge in [0.25, 0.3) is 0 Å². The van der Waals surface area contributed by atoms with Crippen molar-refractivity contribution in [3.05, 3.63) is 35.9 Å². The quantitative estimate of drug-likeness (QED) is 0.858. The molecule has 2 saturated heterocycles. The lowest BCUT2D eigenvalue weighted by molar-refractivity contribution is 0.0289. The summed E-state index contributed by atoms with van der Waals surface area (Å²) in [5.41, 5.74) is 0.580. The number of carbonyl (C=O) groups is 2. The van der Waals surface area contributed by atoms with Gasteiger partial charge in [0.1, 0.15) is 6.61 Å². The molecule has 6 nitrogen and oxygen atoms in total. The summed E-state index contributed by atoms with van der Waals surface area (Å²) in [7, 11) is 0. The predicted octanol–water partition coefficient (Wildman–Crippen LogP) is 2.45. The van der Waals surface area contributed by atoms with Gasteiger partial charge in [0.15, 0.2) is 0 Å². The third-order valence-corrected chi connectivity index (χ3v) is 5.04. The molecule has 130 valence electrons. The molecule has 1 aromatic carbocycles. The zero-order chi connectivity index (χ0) is 16.9. The Morgan fingerprint density at radius 3 is 2.46 bits per heavy atom. The van der Waals surface area contributed by atoms with Crippen molar-refractivity contribution >= 4 is 12.1 Å². The SMILES string of the molecule is O=C(OC[C@@H]1CCCN1C1CCN(C(=O)O)CC1)c1ccccc1. The van der Waals surface area contributed by atoms with Crippen molar-refractivity contribution in [2.24, 2.45) is 0 Å². The molecule has 1 atom stereocenters. The largest absolute Gasteiger partial charge is 0.465 e. The van der Waals surface area contributed by atoms with E-state index in [-0.39, 0.29) is 12.0 Å². The average Bonchev–Trinajstić information content (AvgIpc) is 3.09. The maximum absolute atomic E-state index is 12.1. The molecule has 0 aliphatic carbocycles. The zero-order valence-corrected chi connectivity index (χ0v) is 13.8. The van der Waals surface area contributed by atoms with E-state index >= 15 is 0 Å². The topological polar surface area (TPSA) is 70.1 Å². The van der Waals surface area contributed by atoms with Crippen LogP contribution in [0.25, 0.3) is 0 Å². The van der Waals surface area contributed by atoms with Gasteiger partial charge in [-0.1, -0.05) is 18.2 Å². The summed E-state index contributed by atoms with van der Waals surface area (Å²) in [5.74, 6) is -0.275. The monoisotopic (exact) mass is 332 g/mol. The Morgan fingerprint density at radius 1 is 1.08 bits per heavy atom. The first-order valence-electron chi connectivity index (χ1n) is 8.61. The Hall–Kier alpha value is -2.08. The van der Waals surface area contributed by atoms with Gasteiger partial charge in [-0.2, -0.15) is 0 Å². The standard InChI is InChI=1S/C18H24N2O4/c21-17(14-5-2-1-3-6-14)24-13-16-7-4-10-20(16)15-8-11-19(12-9-15)18(22)23/h1-3,5-6,15-16H,4,7-13H2,(H,22,23)/t16-/m0/s1. The van der Waals surface area contributed by atoms with Crippen LogP contribution in [0.15, 0.2) is 30.3 Å². The second kappa shape index (κ2) is 7.66. The van der Waals surface area contributed by atoms with Gasteiger partial charge in [-0.15, -0.1) is 0 Å². The van der Waals surface area contributed by atoms with Crippen molar-refractivity contribution < 1.29 is 19.4 Å². The maximum atomic E-state index is 12.1. The molecular formula is C18H24N2O4. The number of hydrogen-bond acceptors (Lipinski definition) is 4. The summed E-state index contributed by atoms with van der Waals surface area (Å²) in [6.45, 7) is 2.60.